The molecule has 0 fully saturated rings. The number of carbonyl (C=O) groups is 1. The molecule has 1 aromatic carbocycles. The minimum absolute atomic E-state index is 0.836. The molecule has 2 rings (SSSR count). The van der Waals surface area contributed by atoms with Gasteiger partial charge in [0.05, 0.1) is 0 Å². The van der Waals surface area contributed by atoms with Crippen LogP contribution in [0.2, 0.25) is 0 Å². The van der Waals surface area contributed by atoms with E-state index in [0.717, 1.165) is 21.5 Å². The fraction of sp³-hybridized carbons (Fsp3) is 0.0769. The number of hydrogen-bond acceptors (Lipinski definition) is 3. The van der Waals surface area contributed by atoms with Gasteiger partial charge in [0.1, 0.15) is 5.01 Å². The van der Waals surface area contributed by atoms with Gasteiger partial charge in [-0.05, 0) is 13.0 Å². The zero-order valence-corrected chi connectivity index (χ0v) is 10.1. The second kappa shape index (κ2) is 4.93. The Kier molecular flexibility index (Phi) is 3.35. The molecule has 1 N–H and O–H groups in total. The van der Waals surface area contributed by atoms with Crippen LogP contribution < -0.4 is 0 Å². The van der Waals surface area contributed by atoms with Crippen molar-refractivity contribution in [1.82, 2.24) is 4.98 Å². The summed E-state index contributed by atoms with van der Waals surface area (Å²) in [6.45, 7) is 2.03. The highest BCUT2D eigenvalue weighted by molar-refractivity contribution is 7.15. The molecule has 0 aliphatic carbocycles. The molecule has 0 saturated carbocycles. The molecule has 1 aromatic heterocycles. The first kappa shape index (κ1) is 11.5. The number of carboxylic acid groups (broad SMARTS) is 1. The van der Waals surface area contributed by atoms with Crippen molar-refractivity contribution in [3.05, 3.63) is 47.0 Å². The van der Waals surface area contributed by atoms with Crippen molar-refractivity contribution in [2.75, 3.05) is 0 Å². The quantitative estimate of drug-likeness (QED) is 0.845. The van der Waals surface area contributed by atoms with Crippen LogP contribution in [0.1, 0.15) is 10.4 Å². The largest absolute Gasteiger partial charge is 0.478 e. The van der Waals surface area contributed by atoms with Gasteiger partial charge in [-0.25, -0.2) is 9.78 Å². The maximum Gasteiger partial charge on any atom is 0.328 e. The van der Waals surface area contributed by atoms with Crippen LogP contribution in [0.3, 0.4) is 0 Å². The molecule has 0 bridgehead atoms. The third-order valence-electron chi connectivity index (χ3n) is 2.21. The summed E-state index contributed by atoms with van der Waals surface area (Å²) in [6.07, 6.45) is 4.35. The second-order valence-corrected chi connectivity index (χ2v) is 4.67. The van der Waals surface area contributed by atoms with E-state index in [0.29, 0.717) is 0 Å². The van der Waals surface area contributed by atoms with Crippen LogP contribution in [-0.2, 0) is 4.79 Å². The van der Waals surface area contributed by atoms with E-state index in [1.807, 2.05) is 31.2 Å². The van der Waals surface area contributed by atoms with Crippen LogP contribution >= 0.6 is 11.3 Å². The molecular weight excluding hydrogens is 234 g/mol. The summed E-state index contributed by atoms with van der Waals surface area (Å²) in [6, 6.07) is 8.09. The van der Waals surface area contributed by atoms with Crippen molar-refractivity contribution < 1.29 is 9.90 Å². The van der Waals surface area contributed by atoms with Crippen LogP contribution in [0.25, 0.3) is 16.6 Å². The summed E-state index contributed by atoms with van der Waals surface area (Å²) >= 11 is 1.47. The number of thiazole rings is 1. The highest BCUT2D eigenvalue weighted by atomic mass is 32.1. The molecule has 17 heavy (non-hydrogen) atoms. The highest BCUT2D eigenvalue weighted by Gasteiger charge is 2.02. The number of rotatable bonds is 3. The van der Waals surface area contributed by atoms with Gasteiger partial charge >= 0.3 is 5.97 Å². The summed E-state index contributed by atoms with van der Waals surface area (Å²) in [7, 11) is 0. The zero-order valence-electron chi connectivity index (χ0n) is 9.25. The Balaban J connectivity index is 2.23. The van der Waals surface area contributed by atoms with Crippen molar-refractivity contribution in [2.45, 2.75) is 6.92 Å². The number of carboxylic acids is 1. The van der Waals surface area contributed by atoms with Gasteiger partial charge in [0.15, 0.2) is 0 Å². The predicted molar refractivity (Wildman–Crippen MR) is 69.0 cm³/mol. The van der Waals surface area contributed by atoms with E-state index in [2.05, 4.69) is 4.98 Å². The van der Waals surface area contributed by atoms with Crippen molar-refractivity contribution in [3.8, 4) is 10.6 Å². The molecule has 0 unspecified atom stereocenters. The van der Waals surface area contributed by atoms with Gasteiger partial charge in [-0.3, -0.25) is 0 Å². The molecule has 0 saturated heterocycles. The zero-order chi connectivity index (χ0) is 12.3. The standard InChI is InChI=1S/C13H11NO2S/c1-9-2-4-10(5-3-9)13-14-8-11(17-13)6-7-12(15)16/h2-8H,1H3,(H,15,16)/b7-6+. The molecule has 0 amide bonds. The average Bonchev–Trinajstić information content (AvgIpc) is 2.76. The molecule has 2 aromatic rings. The molecule has 1 heterocycles. The number of aromatic nitrogens is 1. The Morgan fingerprint density at radius 2 is 2.06 bits per heavy atom. The van der Waals surface area contributed by atoms with E-state index in [-0.39, 0.29) is 0 Å². The molecule has 0 aliphatic rings. The molecule has 0 atom stereocenters. The Labute approximate surface area is 103 Å². The van der Waals surface area contributed by atoms with Crippen molar-refractivity contribution >= 4 is 23.4 Å². The highest BCUT2D eigenvalue weighted by Crippen LogP contribution is 2.25. The SMILES string of the molecule is Cc1ccc(-c2ncc(/C=C/C(=O)O)s2)cc1. The predicted octanol–water partition coefficient (Wildman–Crippen LogP) is 3.22. The molecular formula is C13H11NO2S. The van der Waals surface area contributed by atoms with Crippen molar-refractivity contribution in [3.63, 3.8) is 0 Å². The summed E-state index contributed by atoms with van der Waals surface area (Å²) in [5, 5.41) is 9.42. The van der Waals surface area contributed by atoms with Gasteiger partial charge in [-0.2, -0.15) is 0 Å². The smallest absolute Gasteiger partial charge is 0.328 e. The van der Waals surface area contributed by atoms with Crippen LogP contribution in [0.5, 0.6) is 0 Å². The third-order valence-corrected chi connectivity index (χ3v) is 3.22. The van der Waals surface area contributed by atoms with E-state index in [1.165, 1.54) is 16.9 Å². The lowest BCUT2D eigenvalue weighted by atomic mass is 10.2. The first-order valence-electron chi connectivity index (χ1n) is 5.09. The number of aliphatic carboxylic acids is 1. The lowest BCUT2D eigenvalue weighted by Crippen LogP contribution is -1.84. The Bertz CT molecular complexity index is 555. The number of aryl methyl sites for hydroxylation is 1. The maximum atomic E-state index is 10.4. The minimum atomic E-state index is -0.949. The van der Waals surface area contributed by atoms with E-state index >= 15 is 0 Å². The van der Waals surface area contributed by atoms with E-state index in [4.69, 9.17) is 5.11 Å². The molecule has 3 nitrogen and oxygen atoms in total. The van der Waals surface area contributed by atoms with E-state index in [9.17, 15) is 4.79 Å². The topological polar surface area (TPSA) is 50.2 Å². The van der Waals surface area contributed by atoms with Crippen LogP contribution in [-0.4, -0.2) is 16.1 Å². The summed E-state index contributed by atoms with van der Waals surface area (Å²) < 4.78 is 0. The van der Waals surface area contributed by atoms with Gasteiger partial charge in [0.25, 0.3) is 0 Å². The normalized spacial score (nSPS) is 10.9. The molecule has 0 aliphatic heterocycles. The number of benzene rings is 1. The monoisotopic (exact) mass is 245 g/mol. The summed E-state index contributed by atoms with van der Waals surface area (Å²) in [5.74, 6) is -0.949. The minimum Gasteiger partial charge on any atom is -0.478 e. The Morgan fingerprint density at radius 3 is 2.71 bits per heavy atom. The van der Waals surface area contributed by atoms with Gasteiger partial charge in [0, 0.05) is 22.7 Å². The number of nitrogens with zero attached hydrogens (tertiary/aromatic N) is 1. The van der Waals surface area contributed by atoms with Gasteiger partial charge in [0.2, 0.25) is 0 Å². The van der Waals surface area contributed by atoms with Gasteiger partial charge in [-0.15, -0.1) is 11.3 Å². The first-order valence-corrected chi connectivity index (χ1v) is 5.91. The van der Waals surface area contributed by atoms with Gasteiger partial charge in [-0.1, -0.05) is 29.8 Å². The molecule has 4 heteroatoms. The Hall–Kier alpha value is -1.94. The summed E-state index contributed by atoms with van der Waals surface area (Å²) in [4.78, 5) is 15.5. The average molecular weight is 245 g/mol. The number of hydrogen-bond donors (Lipinski definition) is 1. The van der Waals surface area contributed by atoms with E-state index < -0.39 is 5.97 Å². The summed E-state index contributed by atoms with van der Waals surface area (Å²) in [5.41, 5.74) is 2.26. The lowest BCUT2D eigenvalue weighted by molar-refractivity contribution is -0.131. The molecule has 86 valence electrons. The fourth-order valence-electron chi connectivity index (χ4n) is 1.35. The van der Waals surface area contributed by atoms with Crippen molar-refractivity contribution in [1.29, 1.82) is 0 Å². The van der Waals surface area contributed by atoms with Crippen LogP contribution in [0.15, 0.2) is 36.5 Å². The Morgan fingerprint density at radius 1 is 1.35 bits per heavy atom. The second-order valence-electron chi connectivity index (χ2n) is 3.61. The van der Waals surface area contributed by atoms with Gasteiger partial charge < -0.3 is 5.11 Å². The van der Waals surface area contributed by atoms with Crippen LogP contribution in [0.4, 0.5) is 0 Å². The molecule has 0 spiro atoms. The maximum absolute atomic E-state index is 10.4. The molecule has 0 radical (unpaired) electrons. The lowest BCUT2D eigenvalue weighted by Gasteiger charge is -1.95. The first-order chi connectivity index (χ1) is 8.15. The van der Waals surface area contributed by atoms with E-state index in [1.54, 1.807) is 12.3 Å². The van der Waals surface area contributed by atoms with Crippen molar-refractivity contribution in [2.24, 2.45) is 0 Å². The van der Waals surface area contributed by atoms with Crippen LogP contribution in [0, 0.1) is 6.92 Å². The third kappa shape index (κ3) is 3.01. The fourth-order valence-corrected chi connectivity index (χ4v) is 2.17.